The molecular weight excluding hydrogens is 877 g/mol. The van der Waals surface area contributed by atoms with Crippen LogP contribution in [0.1, 0.15) is 94.7 Å². The Morgan fingerprint density at radius 1 is 1.03 bits per heavy atom. The minimum atomic E-state index is -2.25. The maximum atomic E-state index is 14.8. The average Bonchev–Trinajstić information content (AvgIpc) is 3.87. The molecule has 0 unspecified atom stereocenters. The molecule has 15 nitrogen and oxygen atoms in total. The highest BCUT2D eigenvalue weighted by atomic mass is 16.6. The zero-order valence-electron chi connectivity index (χ0n) is 41.9. The predicted molar refractivity (Wildman–Crippen MR) is 264 cm³/mol. The van der Waals surface area contributed by atoms with Gasteiger partial charge in [-0.3, -0.25) is 24.2 Å². The molecule has 5 atom stereocenters. The number of hydrogen-bond acceptors (Lipinski definition) is 10. The number of carbonyl (C=O) groups is 5. The van der Waals surface area contributed by atoms with Crippen molar-refractivity contribution < 1.29 is 43.7 Å². The van der Waals surface area contributed by atoms with Crippen LogP contribution in [0.3, 0.4) is 0 Å². The smallest absolute Gasteiger partial charge is 0.355 e. The van der Waals surface area contributed by atoms with Crippen LogP contribution in [0.4, 0.5) is 0 Å². The zero-order chi connectivity index (χ0) is 50.3. The minimum Gasteiger partial charge on any atom is -0.462 e. The van der Waals surface area contributed by atoms with E-state index in [9.17, 15) is 34.2 Å². The van der Waals surface area contributed by atoms with E-state index in [0.29, 0.717) is 13.0 Å². The van der Waals surface area contributed by atoms with Crippen LogP contribution in [0, 0.1) is 25.2 Å². The quantitative estimate of drug-likeness (QED) is 0.110. The molecule has 3 aliphatic rings. The molecular formula is C54H70N6O9. The summed E-state index contributed by atoms with van der Waals surface area (Å²) in [6.07, 6.45) is 1.64. The number of β-amino-alcohol motifs (C(OH)–C–C–N with tert-alkyl or cyclic N) is 1. The number of methoxy groups -OCH3 is 1. The molecule has 7 rings (SSSR count). The number of hydrazine groups is 1. The molecule has 4 N–H and O–H groups in total. The monoisotopic (exact) mass is 947 g/mol. The number of likely N-dealkylation sites (N-methyl/N-ethyl adjacent to an activating group) is 1. The number of aryl methyl sites for hydroxylation is 2. The van der Waals surface area contributed by atoms with Gasteiger partial charge in [0.1, 0.15) is 12.1 Å². The number of aromatic nitrogens is 1. The number of carbonyl (C=O) groups excluding carboxylic acids is 5. The van der Waals surface area contributed by atoms with Crippen molar-refractivity contribution in [3.8, 4) is 22.4 Å². The van der Waals surface area contributed by atoms with E-state index < -0.39 is 64.3 Å². The summed E-state index contributed by atoms with van der Waals surface area (Å²) in [6.45, 7) is 20.2. The third kappa shape index (κ3) is 9.97. The second kappa shape index (κ2) is 19.9. The molecule has 2 saturated heterocycles. The Morgan fingerprint density at radius 3 is 2.43 bits per heavy atom. The maximum absolute atomic E-state index is 14.8. The molecule has 4 amide bonds. The van der Waals surface area contributed by atoms with E-state index in [4.69, 9.17) is 9.47 Å². The van der Waals surface area contributed by atoms with E-state index >= 15 is 0 Å². The summed E-state index contributed by atoms with van der Waals surface area (Å²) in [5.74, 6) is -3.81. The van der Waals surface area contributed by atoms with Crippen molar-refractivity contribution in [2.24, 2.45) is 11.3 Å². The number of ether oxygens (including phenoxy) is 2. The minimum absolute atomic E-state index is 0.00957. The molecule has 0 spiro atoms. The largest absolute Gasteiger partial charge is 0.462 e. The molecule has 2 fully saturated rings. The second-order valence-corrected chi connectivity index (χ2v) is 20.5. The molecule has 1 aromatic heterocycles. The number of fused-ring (bicyclic) bond motifs is 6. The number of rotatable bonds is 10. The molecule has 0 aliphatic carbocycles. The number of likely N-dealkylation sites (tertiary alicyclic amines) is 1. The van der Waals surface area contributed by atoms with E-state index in [1.54, 1.807) is 21.0 Å². The van der Waals surface area contributed by atoms with Crippen molar-refractivity contribution in [3.05, 3.63) is 95.1 Å². The lowest BCUT2D eigenvalue weighted by Crippen LogP contribution is -2.67. The SMILES string of the molecule is C=CC(=O)N1CC[C@](O)(C(=O)N(C)[C@H](C(=O)N[C@H]2Cc3cccc(c3)-c3ccc4c(c3)c(c(-c3c([C@H](C)OC)ccc(C)c3C)n4CC)CC(C)(C)COC(=O)[C@@]3(O)CCCN(N3)C2=O)C(C)C)C1. The summed E-state index contributed by atoms with van der Waals surface area (Å²) in [7, 11) is 3.14. The number of nitrogens with zero attached hydrogens (tertiary/aromatic N) is 4. The molecule has 3 aromatic carbocycles. The first-order valence-electron chi connectivity index (χ1n) is 24.1. The van der Waals surface area contributed by atoms with Crippen molar-refractivity contribution in [1.29, 1.82) is 0 Å². The second-order valence-electron chi connectivity index (χ2n) is 20.5. The van der Waals surface area contributed by atoms with Gasteiger partial charge in [0.15, 0.2) is 5.60 Å². The fourth-order valence-electron chi connectivity index (χ4n) is 10.5. The Labute approximate surface area is 405 Å². The summed E-state index contributed by atoms with van der Waals surface area (Å²) in [4.78, 5) is 72.3. The molecule has 3 aliphatic heterocycles. The zero-order valence-corrected chi connectivity index (χ0v) is 41.9. The van der Waals surface area contributed by atoms with Crippen LogP contribution in [0.15, 0.2) is 67.3 Å². The Bertz CT molecular complexity index is 2670. The van der Waals surface area contributed by atoms with Crippen molar-refractivity contribution in [1.82, 2.24) is 30.1 Å². The first-order chi connectivity index (χ1) is 32.6. The normalized spacial score (nSPS) is 22.8. The van der Waals surface area contributed by atoms with Crippen LogP contribution < -0.4 is 10.7 Å². The third-order valence-corrected chi connectivity index (χ3v) is 14.5. The standard InChI is InChI=1S/C54H70N6O9/c1-12-44(61)58-25-23-53(66,30-58)50(64)57(10)46(32(3)4)48(62)55-42-27-36-16-14-17-37(26-36)38-19-21-43-40(28-38)41(47(59(43)13-2)45-34(6)33(5)18-20-39(45)35(7)68-11)29-52(8,9)31-69-51(65)54(67)22-15-24-60(56-54)49(42)63/h12,14,16-21,26,28,32,35,42,46,56,66-67H,1,13,15,22-25,27,29-31H2,2-11H3,(H,55,62)/t35-,42-,46-,53+,54-/m0/s1. The highest BCUT2D eigenvalue weighted by molar-refractivity contribution is 5.97. The molecule has 4 aromatic rings. The number of cyclic esters (lactones) is 1. The number of benzene rings is 3. The Balaban J connectivity index is 1.33. The molecule has 0 saturated carbocycles. The van der Waals surface area contributed by atoms with Gasteiger partial charge >= 0.3 is 5.97 Å². The number of esters is 1. The molecule has 0 radical (unpaired) electrons. The summed E-state index contributed by atoms with van der Waals surface area (Å²) >= 11 is 0. The van der Waals surface area contributed by atoms with Gasteiger partial charge in [-0.25, -0.2) is 4.79 Å². The molecule has 69 heavy (non-hydrogen) atoms. The summed E-state index contributed by atoms with van der Waals surface area (Å²) in [5, 5.41) is 28.6. The summed E-state index contributed by atoms with van der Waals surface area (Å²) in [5.41, 5.74) is 8.17. The van der Waals surface area contributed by atoms with Gasteiger partial charge < -0.3 is 39.4 Å². The average molecular weight is 947 g/mol. The van der Waals surface area contributed by atoms with Crippen LogP contribution in [-0.2, 0) is 52.8 Å². The van der Waals surface area contributed by atoms with Gasteiger partial charge in [0.25, 0.3) is 11.8 Å². The lowest BCUT2D eigenvalue weighted by molar-refractivity contribution is -0.189. The summed E-state index contributed by atoms with van der Waals surface area (Å²) in [6, 6.07) is 16.2. The van der Waals surface area contributed by atoms with Gasteiger partial charge in [-0.15, -0.1) is 0 Å². The van der Waals surface area contributed by atoms with Gasteiger partial charge in [0.05, 0.1) is 24.9 Å². The highest BCUT2D eigenvalue weighted by Crippen LogP contribution is 2.44. The topological polar surface area (TPSA) is 183 Å². The van der Waals surface area contributed by atoms with Crippen LogP contribution in [0.5, 0.6) is 0 Å². The lowest BCUT2D eigenvalue weighted by Gasteiger charge is -2.40. The van der Waals surface area contributed by atoms with Crippen molar-refractivity contribution >= 4 is 40.5 Å². The fourth-order valence-corrected chi connectivity index (χ4v) is 10.5. The van der Waals surface area contributed by atoms with Gasteiger partial charge in [-0.05, 0) is 104 Å². The van der Waals surface area contributed by atoms with Gasteiger partial charge in [-0.1, -0.05) is 76.7 Å². The maximum Gasteiger partial charge on any atom is 0.355 e. The van der Waals surface area contributed by atoms with E-state index in [-0.39, 0.29) is 58.0 Å². The highest BCUT2D eigenvalue weighted by Gasteiger charge is 2.49. The van der Waals surface area contributed by atoms with E-state index in [0.717, 1.165) is 67.2 Å². The number of aliphatic hydroxyl groups is 2. The van der Waals surface area contributed by atoms with E-state index in [2.05, 4.69) is 79.9 Å². The molecule has 370 valence electrons. The van der Waals surface area contributed by atoms with Crippen LogP contribution in [-0.4, -0.2) is 123 Å². The Hall–Kier alpha value is -5.87. The third-order valence-electron chi connectivity index (χ3n) is 14.5. The number of nitrogens with one attached hydrogen (secondary N) is 2. The van der Waals surface area contributed by atoms with Crippen molar-refractivity contribution in [3.63, 3.8) is 0 Å². The van der Waals surface area contributed by atoms with E-state index in [1.807, 2.05) is 38.1 Å². The van der Waals surface area contributed by atoms with Crippen LogP contribution in [0.25, 0.3) is 33.3 Å². The first-order valence-corrected chi connectivity index (χ1v) is 24.1. The Kier molecular flexibility index (Phi) is 14.7. The first kappa shape index (κ1) is 51.0. The molecule has 4 heterocycles. The lowest BCUT2D eigenvalue weighted by atomic mass is 9.82. The predicted octanol–water partition coefficient (Wildman–Crippen LogP) is 5.92. The molecule has 6 bridgehead atoms. The summed E-state index contributed by atoms with van der Waals surface area (Å²) < 4.78 is 14.3. The van der Waals surface area contributed by atoms with Gasteiger partial charge in [0, 0.05) is 74.9 Å². The van der Waals surface area contributed by atoms with Crippen LogP contribution in [0.2, 0.25) is 0 Å². The Morgan fingerprint density at radius 2 is 1.75 bits per heavy atom. The number of hydrogen-bond donors (Lipinski definition) is 4. The van der Waals surface area contributed by atoms with Gasteiger partial charge in [-0.2, -0.15) is 5.43 Å². The van der Waals surface area contributed by atoms with Crippen molar-refractivity contribution in [2.75, 3.05) is 40.4 Å². The van der Waals surface area contributed by atoms with E-state index in [1.165, 1.54) is 21.9 Å². The van der Waals surface area contributed by atoms with Crippen LogP contribution >= 0.6 is 0 Å². The number of amides is 4. The molecule has 15 heteroatoms. The van der Waals surface area contributed by atoms with Crippen molar-refractivity contribution in [2.45, 2.75) is 124 Å². The fraction of sp³-hybridized carbons (Fsp3) is 0.500. The van der Waals surface area contributed by atoms with Gasteiger partial charge in [0.2, 0.25) is 17.5 Å².